The van der Waals surface area contributed by atoms with Crippen molar-refractivity contribution in [1.29, 1.82) is 0 Å². The van der Waals surface area contributed by atoms with Gasteiger partial charge in [-0.25, -0.2) is 4.39 Å². The molecule has 0 saturated carbocycles. The van der Waals surface area contributed by atoms with Gasteiger partial charge < -0.3 is 14.8 Å². The molecule has 1 saturated heterocycles. The molecule has 120 valence electrons. The zero-order valence-electron chi connectivity index (χ0n) is 12.6. The number of hydrogen-bond acceptors (Lipinski definition) is 3. The van der Waals surface area contributed by atoms with Crippen LogP contribution in [0, 0.1) is 5.82 Å². The summed E-state index contributed by atoms with van der Waals surface area (Å²) in [6, 6.07) is 4.05. The molecule has 2 amide bonds. The van der Waals surface area contributed by atoms with E-state index in [1.165, 1.54) is 36.2 Å². The van der Waals surface area contributed by atoms with E-state index in [1.54, 1.807) is 4.90 Å². The van der Waals surface area contributed by atoms with E-state index >= 15 is 0 Å². The summed E-state index contributed by atoms with van der Waals surface area (Å²) in [5.41, 5.74) is 0.766. The van der Waals surface area contributed by atoms with Crippen molar-refractivity contribution in [3.05, 3.63) is 35.8 Å². The van der Waals surface area contributed by atoms with Crippen LogP contribution in [0.5, 0.6) is 0 Å². The van der Waals surface area contributed by atoms with Gasteiger partial charge in [0.1, 0.15) is 5.82 Å². The number of nitrogens with zero attached hydrogens (tertiary/aromatic N) is 2. The molecule has 2 aromatic rings. The largest absolute Gasteiger partial charge is 0.360 e. The predicted octanol–water partition coefficient (Wildman–Crippen LogP) is 1.18. The van der Waals surface area contributed by atoms with Crippen LogP contribution in [0.3, 0.4) is 0 Å². The number of hydrogen-bond donors (Lipinski definition) is 1. The second kappa shape index (κ2) is 5.83. The van der Waals surface area contributed by atoms with E-state index in [-0.39, 0.29) is 11.5 Å². The highest BCUT2D eigenvalue weighted by molar-refractivity contribution is 6.44. The zero-order valence-corrected chi connectivity index (χ0v) is 12.6. The van der Waals surface area contributed by atoms with E-state index in [4.69, 9.17) is 0 Å². The van der Waals surface area contributed by atoms with Crippen molar-refractivity contribution >= 4 is 28.5 Å². The first-order chi connectivity index (χ1) is 11.0. The highest BCUT2D eigenvalue weighted by Gasteiger charge is 2.28. The van der Waals surface area contributed by atoms with Crippen molar-refractivity contribution in [1.82, 2.24) is 14.8 Å². The van der Waals surface area contributed by atoms with Gasteiger partial charge in [0.2, 0.25) is 5.91 Å². The summed E-state index contributed by atoms with van der Waals surface area (Å²) in [5, 5.41) is 0.394. The number of H-pyrrole nitrogens is 1. The first-order valence-corrected chi connectivity index (χ1v) is 7.33. The average molecular weight is 317 g/mol. The van der Waals surface area contributed by atoms with Crippen molar-refractivity contribution < 1.29 is 18.8 Å². The maximum absolute atomic E-state index is 13.4. The normalized spacial score (nSPS) is 15.0. The number of nitrogens with one attached hydrogen (secondary N) is 1. The summed E-state index contributed by atoms with van der Waals surface area (Å²) in [6.45, 7) is 2.94. The average Bonchev–Trinajstić information content (AvgIpc) is 2.96. The van der Waals surface area contributed by atoms with Crippen molar-refractivity contribution in [2.75, 3.05) is 26.2 Å². The number of piperazine rings is 1. The Kier molecular flexibility index (Phi) is 3.85. The lowest BCUT2D eigenvalue weighted by Crippen LogP contribution is -2.51. The molecule has 0 radical (unpaired) electrons. The smallest absolute Gasteiger partial charge is 0.295 e. The molecular weight excluding hydrogens is 301 g/mol. The van der Waals surface area contributed by atoms with Gasteiger partial charge in [0.15, 0.2) is 0 Å². The van der Waals surface area contributed by atoms with Gasteiger partial charge in [-0.05, 0) is 18.2 Å². The van der Waals surface area contributed by atoms with E-state index in [2.05, 4.69) is 4.98 Å². The third-order valence-corrected chi connectivity index (χ3v) is 4.09. The van der Waals surface area contributed by atoms with Crippen molar-refractivity contribution in [3.63, 3.8) is 0 Å². The fraction of sp³-hybridized carbons (Fsp3) is 0.312. The molecule has 3 rings (SSSR count). The lowest BCUT2D eigenvalue weighted by molar-refractivity contribution is -0.135. The van der Waals surface area contributed by atoms with Gasteiger partial charge in [-0.1, -0.05) is 0 Å². The van der Waals surface area contributed by atoms with Gasteiger partial charge in [-0.2, -0.15) is 0 Å². The highest BCUT2D eigenvalue weighted by atomic mass is 19.1. The molecule has 1 aromatic carbocycles. The van der Waals surface area contributed by atoms with Crippen LogP contribution in [0.1, 0.15) is 17.3 Å². The van der Waals surface area contributed by atoms with Gasteiger partial charge in [0.05, 0.1) is 5.56 Å². The maximum atomic E-state index is 13.4. The van der Waals surface area contributed by atoms with Gasteiger partial charge in [-0.3, -0.25) is 14.4 Å². The van der Waals surface area contributed by atoms with Gasteiger partial charge in [0, 0.05) is 50.2 Å². The lowest BCUT2D eigenvalue weighted by Gasteiger charge is -2.33. The Morgan fingerprint density at radius 3 is 2.39 bits per heavy atom. The minimum absolute atomic E-state index is 0.0458. The Labute approximate surface area is 131 Å². The number of aromatic nitrogens is 1. The molecule has 1 aromatic heterocycles. The quantitative estimate of drug-likeness (QED) is 0.668. The van der Waals surface area contributed by atoms with Crippen LogP contribution in [0.4, 0.5) is 4.39 Å². The third-order valence-electron chi connectivity index (χ3n) is 4.09. The number of carbonyl (C=O) groups excluding carboxylic acids is 3. The van der Waals surface area contributed by atoms with E-state index in [9.17, 15) is 18.8 Å². The molecule has 1 fully saturated rings. The first kappa shape index (κ1) is 15.2. The summed E-state index contributed by atoms with van der Waals surface area (Å²) in [7, 11) is 0. The van der Waals surface area contributed by atoms with Crippen LogP contribution >= 0.6 is 0 Å². The van der Waals surface area contributed by atoms with E-state index < -0.39 is 17.5 Å². The number of ketones is 1. The number of amides is 2. The number of aromatic amines is 1. The second-order valence-electron chi connectivity index (χ2n) is 5.52. The van der Waals surface area contributed by atoms with E-state index in [0.29, 0.717) is 37.1 Å². The monoisotopic (exact) mass is 317 g/mol. The highest BCUT2D eigenvalue weighted by Crippen LogP contribution is 2.20. The molecule has 7 heteroatoms. The summed E-state index contributed by atoms with van der Waals surface area (Å²) in [4.78, 5) is 42.0. The first-order valence-electron chi connectivity index (χ1n) is 7.33. The van der Waals surface area contributed by atoms with Crippen molar-refractivity contribution in [2.24, 2.45) is 0 Å². The molecule has 1 aliphatic rings. The van der Waals surface area contributed by atoms with E-state index in [1.807, 2.05) is 0 Å². The lowest BCUT2D eigenvalue weighted by atomic mass is 10.1. The molecule has 0 atom stereocenters. The molecule has 2 heterocycles. The zero-order chi connectivity index (χ0) is 16.6. The van der Waals surface area contributed by atoms with Crippen molar-refractivity contribution in [3.8, 4) is 0 Å². The van der Waals surface area contributed by atoms with Gasteiger partial charge in [-0.15, -0.1) is 0 Å². The Morgan fingerprint density at radius 1 is 1.09 bits per heavy atom. The number of benzene rings is 1. The van der Waals surface area contributed by atoms with Crippen LogP contribution in [-0.4, -0.2) is 58.6 Å². The van der Waals surface area contributed by atoms with Crippen molar-refractivity contribution in [2.45, 2.75) is 6.92 Å². The summed E-state index contributed by atoms with van der Waals surface area (Å²) in [6.07, 6.45) is 1.43. The molecule has 6 nitrogen and oxygen atoms in total. The standard InChI is InChI=1S/C16H16FN3O3/c1-10(21)19-4-6-20(7-5-19)16(23)15(22)13-9-18-14-3-2-11(17)8-12(13)14/h2-3,8-9,18H,4-7H2,1H3. The molecule has 1 aliphatic heterocycles. The molecule has 0 unspecified atom stereocenters. The predicted molar refractivity (Wildman–Crippen MR) is 81.4 cm³/mol. The minimum atomic E-state index is -0.668. The molecule has 23 heavy (non-hydrogen) atoms. The van der Waals surface area contributed by atoms with Crippen LogP contribution in [0.25, 0.3) is 10.9 Å². The Morgan fingerprint density at radius 2 is 1.74 bits per heavy atom. The number of carbonyl (C=O) groups is 3. The summed E-state index contributed by atoms with van der Waals surface area (Å²) in [5.74, 6) is -1.80. The Balaban J connectivity index is 1.78. The van der Waals surface area contributed by atoms with Crippen LogP contribution in [-0.2, 0) is 9.59 Å². The molecular formula is C16H16FN3O3. The second-order valence-corrected chi connectivity index (χ2v) is 5.52. The maximum Gasteiger partial charge on any atom is 0.295 e. The topological polar surface area (TPSA) is 73.5 Å². The Bertz CT molecular complexity index is 791. The van der Waals surface area contributed by atoms with Crippen LogP contribution in [0.2, 0.25) is 0 Å². The molecule has 0 aliphatic carbocycles. The molecule has 0 spiro atoms. The SMILES string of the molecule is CC(=O)N1CCN(C(=O)C(=O)c2c[nH]c3ccc(F)cc23)CC1. The third kappa shape index (κ3) is 2.81. The molecule has 1 N–H and O–H groups in total. The number of halogens is 1. The molecule has 0 bridgehead atoms. The summed E-state index contributed by atoms with van der Waals surface area (Å²) < 4.78 is 13.4. The number of Topliss-reactive ketones (excluding diaryl/α,β-unsaturated/α-hetero) is 1. The van der Waals surface area contributed by atoms with Crippen LogP contribution in [0.15, 0.2) is 24.4 Å². The summed E-state index contributed by atoms with van der Waals surface area (Å²) >= 11 is 0. The van der Waals surface area contributed by atoms with Crippen LogP contribution < -0.4 is 0 Å². The fourth-order valence-electron chi connectivity index (χ4n) is 2.76. The number of fused-ring (bicyclic) bond motifs is 1. The Hall–Kier alpha value is -2.70. The van der Waals surface area contributed by atoms with Gasteiger partial charge >= 0.3 is 0 Å². The minimum Gasteiger partial charge on any atom is -0.360 e. The van der Waals surface area contributed by atoms with Gasteiger partial charge in [0.25, 0.3) is 11.7 Å². The fourth-order valence-corrected chi connectivity index (χ4v) is 2.76. The van der Waals surface area contributed by atoms with E-state index in [0.717, 1.165) is 0 Å². The number of rotatable bonds is 2.